The summed E-state index contributed by atoms with van der Waals surface area (Å²) in [4.78, 5) is 13.5. The lowest BCUT2D eigenvalue weighted by Crippen LogP contribution is -2.07. The summed E-state index contributed by atoms with van der Waals surface area (Å²) in [6.07, 6.45) is 0. The fraction of sp³-hybridized carbons (Fsp3) is 0. The van der Waals surface area contributed by atoms with Crippen LogP contribution in [0.3, 0.4) is 0 Å². The smallest absolute Gasteiger partial charge is 0.195 e. The number of hydrogen-bond donors (Lipinski definition) is 0. The minimum Gasteiger partial charge on any atom is -0.289 e. The van der Waals surface area contributed by atoms with E-state index in [9.17, 15) is 4.79 Å². The topological polar surface area (TPSA) is 17.1 Å². The van der Waals surface area contributed by atoms with E-state index in [1.807, 2.05) is 23.6 Å². The molecule has 1 aromatic heterocycles. The third kappa shape index (κ3) is 1.06. The second-order valence-corrected chi connectivity index (χ2v) is 5.12. The van der Waals surface area contributed by atoms with Gasteiger partial charge in [-0.2, -0.15) is 0 Å². The minimum absolute atomic E-state index is 0.158. The molecule has 0 fully saturated rings. The molecule has 0 spiro atoms. The van der Waals surface area contributed by atoms with Gasteiger partial charge in [0.05, 0.1) is 0 Å². The van der Waals surface area contributed by atoms with Crippen LogP contribution >= 0.6 is 11.3 Å². The van der Waals surface area contributed by atoms with E-state index in [2.05, 4.69) is 24.3 Å². The molecule has 1 nitrogen and oxygen atoms in total. The summed E-state index contributed by atoms with van der Waals surface area (Å²) in [5, 5.41) is 4.25. The van der Waals surface area contributed by atoms with Gasteiger partial charge in [0.1, 0.15) is 0 Å². The normalized spacial score (nSPS) is 12.8. The molecule has 0 unspecified atom stereocenters. The van der Waals surface area contributed by atoms with Gasteiger partial charge in [-0.1, -0.05) is 36.4 Å². The van der Waals surface area contributed by atoms with Crippen LogP contribution in [0.5, 0.6) is 0 Å². The summed E-state index contributed by atoms with van der Waals surface area (Å²) in [5.74, 6) is 0.158. The largest absolute Gasteiger partial charge is 0.289 e. The maximum absolute atomic E-state index is 12.4. The molecule has 2 heteroatoms. The first kappa shape index (κ1) is 9.14. The second kappa shape index (κ2) is 3.05. The minimum atomic E-state index is 0.158. The molecule has 0 N–H and O–H groups in total. The van der Waals surface area contributed by atoms with Crippen LogP contribution in [0, 0.1) is 0 Å². The van der Waals surface area contributed by atoms with E-state index < -0.39 is 0 Å². The number of carbonyl (C=O) groups excluding carboxylic acids is 1. The summed E-state index contributed by atoms with van der Waals surface area (Å²) in [6, 6.07) is 14.1. The molecule has 0 saturated carbocycles. The Morgan fingerprint density at radius 3 is 2.41 bits per heavy atom. The SMILES string of the molecule is O=C1c2ccsc2-c2cccc3cccc1c23. The fourth-order valence-corrected chi connectivity index (χ4v) is 3.49. The lowest BCUT2D eigenvalue weighted by Gasteiger charge is -2.16. The van der Waals surface area contributed by atoms with Gasteiger partial charge in [0.25, 0.3) is 0 Å². The average Bonchev–Trinajstić information content (AvgIpc) is 2.85. The number of carbonyl (C=O) groups is 1. The van der Waals surface area contributed by atoms with E-state index in [0.717, 1.165) is 26.8 Å². The van der Waals surface area contributed by atoms with E-state index in [0.29, 0.717) is 0 Å². The van der Waals surface area contributed by atoms with Crippen molar-refractivity contribution in [2.45, 2.75) is 0 Å². The van der Waals surface area contributed by atoms with Crippen molar-refractivity contribution in [1.82, 2.24) is 0 Å². The standard InChI is InChI=1S/C15H8OS/c16-14-10-5-1-3-9-4-2-6-11(13(9)10)15-12(14)7-8-17-15/h1-8H. The van der Waals surface area contributed by atoms with Gasteiger partial charge in [0.2, 0.25) is 0 Å². The van der Waals surface area contributed by atoms with Crippen LogP contribution < -0.4 is 0 Å². The third-order valence-electron chi connectivity index (χ3n) is 3.30. The predicted octanol–water partition coefficient (Wildman–Crippen LogP) is 4.11. The summed E-state index contributed by atoms with van der Waals surface area (Å²) < 4.78 is 0. The van der Waals surface area contributed by atoms with Crippen LogP contribution in [0.2, 0.25) is 0 Å². The van der Waals surface area contributed by atoms with Crippen LogP contribution in [0.4, 0.5) is 0 Å². The molecule has 0 bridgehead atoms. The Balaban J connectivity index is 2.31. The van der Waals surface area contributed by atoms with Crippen LogP contribution in [0.1, 0.15) is 15.9 Å². The van der Waals surface area contributed by atoms with Crippen LogP contribution in [-0.4, -0.2) is 5.78 Å². The molecule has 2 aromatic carbocycles. The molecule has 1 aliphatic rings. The zero-order chi connectivity index (χ0) is 11.4. The Kier molecular flexibility index (Phi) is 1.64. The van der Waals surface area contributed by atoms with Crippen molar-refractivity contribution >= 4 is 27.9 Å². The van der Waals surface area contributed by atoms with Crippen LogP contribution in [0.25, 0.3) is 21.2 Å². The maximum atomic E-state index is 12.4. The van der Waals surface area contributed by atoms with Crippen LogP contribution in [-0.2, 0) is 0 Å². The Morgan fingerprint density at radius 2 is 1.59 bits per heavy atom. The molecular weight excluding hydrogens is 228 g/mol. The number of rotatable bonds is 0. The predicted molar refractivity (Wildman–Crippen MR) is 70.7 cm³/mol. The number of thiophene rings is 1. The van der Waals surface area contributed by atoms with E-state index in [1.165, 1.54) is 5.56 Å². The summed E-state index contributed by atoms with van der Waals surface area (Å²) >= 11 is 1.64. The Morgan fingerprint density at radius 1 is 0.824 bits per heavy atom. The van der Waals surface area contributed by atoms with Crippen LogP contribution in [0.15, 0.2) is 47.8 Å². The van der Waals surface area contributed by atoms with E-state index >= 15 is 0 Å². The van der Waals surface area contributed by atoms with Crippen molar-refractivity contribution in [3.05, 3.63) is 59.0 Å². The first-order valence-corrected chi connectivity index (χ1v) is 6.38. The summed E-state index contributed by atoms with van der Waals surface area (Å²) in [5.41, 5.74) is 2.88. The zero-order valence-corrected chi connectivity index (χ0v) is 9.75. The number of hydrogen-bond acceptors (Lipinski definition) is 2. The maximum Gasteiger partial charge on any atom is 0.195 e. The molecule has 4 rings (SSSR count). The second-order valence-electron chi connectivity index (χ2n) is 4.20. The molecule has 1 aliphatic carbocycles. The van der Waals surface area contributed by atoms with Gasteiger partial charge in [0.15, 0.2) is 5.78 Å². The molecule has 0 atom stereocenters. The van der Waals surface area contributed by atoms with Gasteiger partial charge in [-0.05, 0) is 16.8 Å². The molecule has 0 radical (unpaired) electrons. The van der Waals surface area contributed by atoms with Crippen molar-refractivity contribution in [3.8, 4) is 10.4 Å². The highest BCUT2D eigenvalue weighted by molar-refractivity contribution is 7.14. The quantitative estimate of drug-likeness (QED) is 0.449. The lowest BCUT2D eigenvalue weighted by atomic mass is 9.88. The molecule has 17 heavy (non-hydrogen) atoms. The van der Waals surface area contributed by atoms with Gasteiger partial charge in [-0.25, -0.2) is 0 Å². The van der Waals surface area contributed by atoms with Crippen molar-refractivity contribution in [2.75, 3.05) is 0 Å². The Labute approximate surface area is 102 Å². The summed E-state index contributed by atoms with van der Waals surface area (Å²) in [7, 11) is 0. The number of ketones is 1. The molecule has 0 aliphatic heterocycles. The summed E-state index contributed by atoms with van der Waals surface area (Å²) in [6.45, 7) is 0. The van der Waals surface area contributed by atoms with Crippen molar-refractivity contribution < 1.29 is 4.79 Å². The van der Waals surface area contributed by atoms with Gasteiger partial charge < -0.3 is 0 Å². The highest BCUT2D eigenvalue weighted by atomic mass is 32.1. The van der Waals surface area contributed by atoms with Gasteiger partial charge in [-0.3, -0.25) is 4.79 Å². The number of fused-ring (bicyclic) bond motifs is 2. The zero-order valence-electron chi connectivity index (χ0n) is 8.94. The van der Waals surface area contributed by atoms with Gasteiger partial charge in [0, 0.05) is 27.0 Å². The van der Waals surface area contributed by atoms with Crippen molar-refractivity contribution in [3.63, 3.8) is 0 Å². The Bertz CT molecular complexity index is 762. The first-order chi connectivity index (χ1) is 8.36. The molecule has 0 saturated heterocycles. The molecule has 3 aromatic rings. The monoisotopic (exact) mass is 236 g/mol. The fourth-order valence-electron chi connectivity index (χ4n) is 2.56. The molecular formula is C15H8OS. The lowest BCUT2D eigenvalue weighted by molar-refractivity contribution is 0.104. The number of benzene rings is 2. The Hall–Kier alpha value is -1.93. The van der Waals surface area contributed by atoms with E-state index in [4.69, 9.17) is 0 Å². The van der Waals surface area contributed by atoms with E-state index in [1.54, 1.807) is 11.3 Å². The molecule has 0 amide bonds. The van der Waals surface area contributed by atoms with Gasteiger partial charge in [-0.15, -0.1) is 11.3 Å². The first-order valence-electron chi connectivity index (χ1n) is 5.50. The third-order valence-corrected chi connectivity index (χ3v) is 4.25. The van der Waals surface area contributed by atoms with Crippen molar-refractivity contribution in [1.29, 1.82) is 0 Å². The van der Waals surface area contributed by atoms with Crippen molar-refractivity contribution in [2.24, 2.45) is 0 Å². The van der Waals surface area contributed by atoms with E-state index in [-0.39, 0.29) is 5.78 Å². The highest BCUT2D eigenvalue weighted by Crippen LogP contribution is 2.41. The highest BCUT2D eigenvalue weighted by Gasteiger charge is 2.25. The van der Waals surface area contributed by atoms with Gasteiger partial charge >= 0.3 is 0 Å². The molecule has 1 heterocycles. The average molecular weight is 236 g/mol. The molecule has 80 valence electrons.